The van der Waals surface area contributed by atoms with E-state index in [1.165, 1.54) is 43.9 Å². The van der Waals surface area contributed by atoms with Gasteiger partial charge in [0.2, 0.25) is 5.91 Å². The van der Waals surface area contributed by atoms with Gasteiger partial charge in [-0.3, -0.25) is 4.79 Å². The van der Waals surface area contributed by atoms with Crippen LogP contribution in [-0.2, 0) is 4.79 Å². The summed E-state index contributed by atoms with van der Waals surface area (Å²) in [4.78, 5) is 22.8. The van der Waals surface area contributed by atoms with Gasteiger partial charge in [-0.25, -0.2) is 4.79 Å². The Balaban J connectivity index is 1.93. The number of amides is 1. The van der Waals surface area contributed by atoms with Crippen molar-refractivity contribution in [3.05, 3.63) is 23.8 Å². The standard InChI is InChI=1S/C16H21NO4/c18-14-10-12(7-8-13(14)16(20)21)17-15(19)9-11-5-3-1-2-4-6-11/h7-8,10-11,18H,1-6,9H2,(H,17,19)(H,20,21). The highest BCUT2D eigenvalue weighted by Gasteiger charge is 2.17. The molecule has 1 aromatic rings. The van der Waals surface area contributed by atoms with Crippen LogP contribution in [0.3, 0.4) is 0 Å². The van der Waals surface area contributed by atoms with Gasteiger partial charge in [0, 0.05) is 18.2 Å². The van der Waals surface area contributed by atoms with Crippen molar-refractivity contribution >= 4 is 17.6 Å². The predicted molar refractivity (Wildman–Crippen MR) is 79.5 cm³/mol. The number of carboxylic acids is 1. The van der Waals surface area contributed by atoms with E-state index in [0.717, 1.165) is 12.8 Å². The van der Waals surface area contributed by atoms with Crippen molar-refractivity contribution in [2.75, 3.05) is 5.32 Å². The van der Waals surface area contributed by atoms with Crippen LogP contribution in [0, 0.1) is 5.92 Å². The lowest BCUT2D eigenvalue weighted by atomic mass is 9.96. The van der Waals surface area contributed by atoms with E-state index in [0.29, 0.717) is 18.0 Å². The summed E-state index contributed by atoms with van der Waals surface area (Å²) in [5.41, 5.74) is 0.257. The van der Waals surface area contributed by atoms with Gasteiger partial charge in [-0.05, 0) is 30.9 Å². The third-order valence-electron chi connectivity index (χ3n) is 3.96. The largest absolute Gasteiger partial charge is 0.507 e. The minimum atomic E-state index is -1.19. The van der Waals surface area contributed by atoms with Gasteiger partial charge >= 0.3 is 5.97 Å². The maximum absolute atomic E-state index is 12.0. The Kier molecular flexibility index (Phi) is 5.20. The summed E-state index contributed by atoms with van der Waals surface area (Å²) in [5.74, 6) is -1.18. The van der Waals surface area contributed by atoms with Crippen LogP contribution in [0.1, 0.15) is 55.3 Å². The number of anilines is 1. The van der Waals surface area contributed by atoms with Gasteiger partial charge in [0.25, 0.3) is 0 Å². The smallest absolute Gasteiger partial charge is 0.339 e. The van der Waals surface area contributed by atoms with Crippen LogP contribution in [0.5, 0.6) is 5.75 Å². The SMILES string of the molecule is O=C(CC1CCCCCC1)Nc1ccc(C(=O)O)c(O)c1. The van der Waals surface area contributed by atoms with E-state index in [2.05, 4.69) is 5.32 Å². The molecule has 0 unspecified atom stereocenters. The molecule has 5 nitrogen and oxygen atoms in total. The molecule has 21 heavy (non-hydrogen) atoms. The van der Waals surface area contributed by atoms with E-state index in [9.17, 15) is 14.7 Å². The van der Waals surface area contributed by atoms with Crippen LogP contribution in [0.15, 0.2) is 18.2 Å². The number of rotatable bonds is 4. The zero-order valence-corrected chi connectivity index (χ0v) is 12.0. The van der Waals surface area contributed by atoms with Crippen molar-refractivity contribution in [2.45, 2.75) is 44.9 Å². The first-order chi connectivity index (χ1) is 10.1. The molecule has 3 N–H and O–H groups in total. The minimum absolute atomic E-state index is 0.0793. The van der Waals surface area contributed by atoms with Gasteiger partial charge in [-0.15, -0.1) is 0 Å². The van der Waals surface area contributed by atoms with Crippen molar-refractivity contribution in [3.63, 3.8) is 0 Å². The van der Waals surface area contributed by atoms with E-state index in [4.69, 9.17) is 5.11 Å². The van der Waals surface area contributed by atoms with E-state index in [1.807, 2.05) is 0 Å². The summed E-state index contributed by atoms with van der Waals surface area (Å²) in [6.45, 7) is 0. The number of carboxylic acid groups (broad SMARTS) is 1. The fraction of sp³-hybridized carbons (Fsp3) is 0.500. The van der Waals surface area contributed by atoms with Crippen molar-refractivity contribution in [3.8, 4) is 5.75 Å². The number of hydrogen-bond acceptors (Lipinski definition) is 3. The Bertz CT molecular complexity index is 519. The second-order valence-corrected chi connectivity index (χ2v) is 5.65. The fourth-order valence-corrected chi connectivity index (χ4v) is 2.83. The Morgan fingerprint density at radius 3 is 2.38 bits per heavy atom. The zero-order chi connectivity index (χ0) is 15.2. The van der Waals surface area contributed by atoms with Crippen molar-refractivity contribution < 1.29 is 19.8 Å². The van der Waals surface area contributed by atoms with Crippen LogP contribution in [-0.4, -0.2) is 22.1 Å². The van der Waals surface area contributed by atoms with E-state index in [1.54, 1.807) is 0 Å². The molecule has 0 aromatic heterocycles. The average Bonchev–Trinajstić information content (AvgIpc) is 2.66. The zero-order valence-electron chi connectivity index (χ0n) is 12.0. The van der Waals surface area contributed by atoms with E-state index in [-0.39, 0.29) is 17.2 Å². The van der Waals surface area contributed by atoms with E-state index >= 15 is 0 Å². The lowest BCUT2D eigenvalue weighted by Gasteiger charge is -2.14. The second kappa shape index (κ2) is 7.11. The number of carbonyl (C=O) groups excluding carboxylic acids is 1. The van der Waals surface area contributed by atoms with Gasteiger partial charge in [-0.2, -0.15) is 0 Å². The molecule has 0 aliphatic heterocycles. The molecule has 0 radical (unpaired) electrons. The molecular formula is C16H21NO4. The molecule has 1 fully saturated rings. The third-order valence-corrected chi connectivity index (χ3v) is 3.96. The Labute approximate surface area is 124 Å². The first-order valence-corrected chi connectivity index (χ1v) is 7.42. The lowest BCUT2D eigenvalue weighted by Crippen LogP contribution is -2.16. The predicted octanol–water partition coefficient (Wildman–Crippen LogP) is 3.39. The molecule has 0 atom stereocenters. The Morgan fingerprint density at radius 2 is 1.81 bits per heavy atom. The normalized spacial score (nSPS) is 16.2. The Morgan fingerprint density at radius 1 is 1.14 bits per heavy atom. The van der Waals surface area contributed by atoms with Crippen molar-refractivity contribution in [1.82, 2.24) is 0 Å². The molecular weight excluding hydrogens is 270 g/mol. The van der Waals surface area contributed by atoms with Gasteiger partial charge in [0.05, 0.1) is 0 Å². The Hall–Kier alpha value is -2.04. The van der Waals surface area contributed by atoms with Gasteiger partial charge in [-0.1, -0.05) is 25.7 Å². The van der Waals surface area contributed by atoms with Gasteiger partial charge in [0.1, 0.15) is 11.3 Å². The maximum atomic E-state index is 12.0. The third kappa shape index (κ3) is 4.48. The molecule has 114 valence electrons. The van der Waals surface area contributed by atoms with E-state index < -0.39 is 5.97 Å². The highest BCUT2D eigenvalue weighted by molar-refractivity contribution is 5.94. The number of nitrogens with one attached hydrogen (secondary N) is 1. The first kappa shape index (κ1) is 15.4. The summed E-state index contributed by atoms with van der Waals surface area (Å²) in [5, 5.41) is 21.2. The fourth-order valence-electron chi connectivity index (χ4n) is 2.83. The molecule has 0 saturated heterocycles. The molecule has 1 aromatic carbocycles. The monoisotopic (exact) mass is 291 g/mol. The molecule has 0 bridgehead atoms. The molecule has 1 aliphatic rings. The number of aromatic carboxylic acids is 1. The first-order valence-electron chi connectivity index (χ1n) is 7.42. The molecule has 1 amide bonds. The number of phenols is 1. The molecule has 5 heteroatoms. The van der Waals surface area contributed by atoms with Crippen molar-refractivity contribution in [2.24, 2.45) is 5.92 Å². The summed E-state index contributed by atoms with van der Waals surface area (Å²) in [6, 6.07) is 4.06. The van der Waals surface area contributed by atoms with Crippen LogP contribution in [0.2, 0.25) is 0 Å². The van der Waals surface area contributed by atoms with Crippen LogP contribution >= 0.6 is 0 Å². The second-order valence-electron chi connectivity index (χ2n) is 5.65. The maximum Gasteiger partial charge on any atom is 0.339 e. The van der Waals surface area contributed by atoms with Crippen molar-refractivity contribution in [1.29, 1.82) is 0 Å². The minimum Gasteiger partial charge on any atom is -0.507 e. The molecule has 1 aliphatic carbocycles. The number of hydrogen-bond donors (Lipinski definition) is 3. The highest BCUT2D eigenvalue weighted by Crippen LogP contribution is 2.26. The molecule has 0 heterocycles. The topological polar surface area (TPSA) is 86.6 Å². The lowest BCUT2D eigenvalue weighted by molar-refractivity contribution is -0.117. The molecule has 0 spiro atoms. The number of benzene rings is 1. The summed E-state index contributed by atoms with van der Waals surface area (Å²) in [6.07, 6.45) is 7.55. The summed E-state index contributed by atoms with van der Waals surface area (Å²) < 4.78 is 0. The average molecular weight is 291 g/mol. The quantitative estimate of drug-likeness (QED) is 0.742. The highest BCUT2D eigenvalue weighted by atomic mass is 16.4. The number of carbonyl (C=O) groups is 2. The summed E-state index contributed by atoms with van der Waals surface area (Å²) in [7, 11) is 0. The van der Waals surface area contributed by atoms with Crippen LogP contribution < -0.4 is 5.32 Å². The van der Waals surface area contributed by atoms with Crippen LogP contribution in [0.4, 0.5) is 5.69 Å². The molecule has 1 saturated carbocycles. The van der Waals surface area contributed by atoms with Gasteiger partial charge < -0.3 is 15.5 Å². The number of aromatic hydroxyl groups is 1. The summed E-state index contributed by atoms with van der Waals surface area (Å²) >= 11 is 0. The van der Waals surface area contributed by atoms with Gasteiger partial charge in [0.15, 0.2) is 0 Å². The van der Waals surface area contributed by atoms with Crippen LogP contribution in [0.25, 0.3) is 0 Å². The molecule has 2 rings (SSSR count).